The number of hydrogen-bond donors (Lipinski definition) is 4. The molecular weight excluding hydrogens is 438 g/mol. The van der Waals surface area contributed by atoms with Crippen LogP contribution in [0.25, 0.3) is 5.57 Å². The van der Waals surface area contributed by atoms with Gasteiger partial charge in [-0.3, -0.25) is 0 Å². The SMILES string of the molecule is C[N+](C)(CCC=C1c2ccccc2CCc2ccccc21)OC1O[C@H](C(=O)O)[C@@H](O)[C@H](O)[C@H]1O. The molecule has 4 N–H and O–H groups in total. The standard InChI is InChI=1S/C26H31NO7/c1-27(2,34-26-23(30)21(28)22(29)24(33-26)25(31)32)15-7-12-20-18-10-5-3-8-16(18)13-14-17-9-4-6-11-19(17)20/h3-6,8-12,21-24,26,28-30H,7,13-15H2,1-2H3/p+1/t21-,22-,23+,24-,26?/m0/s1. The van der Waals surface area contributed by atoms with E-state index in [4.69, 9.17) is 9.57 Å². The summed E-state index contributed by atoms with van der Waals surface area (Å²) in [5.74, 6) is -1.44. The largest absolute Gasteiger partial charge is 0.479 e. The molecule has 0 saturated carbocycles. The number of aliphatic carboxylic acids is 1. The molecule has 0 radical (unpaired) electrons. The van der Waals surface area contributed by atoms with Crippen LogP contribution in [0, 0.1) is 0 Å². The highest BCUT2D eigenvalue weighted by molar-refractivity contribution is 5.83. The third-order valence-electron chi connectivity index (χ3n) is 6.50. The number of nitrogens with zero attached hydrogens (tertiary/aromatic N) is 1. The smallest absolute Gasteiger partial charge is 0.335 e. The fourth-order valence-corrected chi connectivity index (χ4v) is 4.63. The van der Waals surface area contributed by atoms with Gasteiger partial charge in [-0.05, 0) is 40.7 Å². The van der Waals surface area contributed by atoms with E-state index in [1.807, 2.05) is 12.1 Å². The maximum Gasteiger partial charge on any atom is 0.335 e. The number of aliphatic hydroxyl groups is 3. The molecule has 8 nitrogen and oxygen atoms in total. The van der Waals surface area contributed by atoms with Gasteiger partial charge in [-0.1, -0.05) is 54.6 Å². The van der Waals surface area contributed by atoms with Crippen molar-refractivity contribution in [3.63, 3.8) is 0 Å². The third kappa shape index (κ3) is 5.07. The van der Waals surface area contributed by atoms with Crippen molar-refractivity contribution >= 4 is 11.5 Å². The monoisotopic (exact) mass is 470 g/mol. The molecule has 1 aliphatic carbocycles. The molecular formula is C26H32NO7+. The Balaban J connectivity index is 1.51. The van der Waals surface area contributed by atoms with Crippen molar-refractivity contribution in [3.05, 3.63) is 76.9 Å². The minimum absolute atomic E-state index is 0.0516. The van der Waals surface area contributed by atoms with Crippen LogP contribution in [0.15, 0.2) is 54.6 Å². The van der Waals surface area contributed by atoms with Gasteiger partial charge in [0.25, 0.3) is 0 Å². The summed E-state index contributed by atoms with van der Waals surface area (Å²) < 4.78 is 5.22. The van der Waals surface area contributed by atoms with Crippen molar-refractivity contribution in [3.8, 4) is 0 Å². The second kappa shape index (κ2) is 9.95. The molecule has 1 fully saturated rings. The second-order valence-corrected chi connectivity index (χ2v) is 9.36. The van der Waals surface area contributed by atoms with Crippen LogP contribution in [-0.2, 0) is 27.2 Å². The summed E-state index contributed by atoms with van der Waals surface area (Å²) in [4.78, 5) is 17.2. The fraction of sp³-hybridized carbons (Fsp3) is 0.423. The number of carboxylic acids is 1. The average molecular weight is 471 g/mol. The van der Waals surface area contributed by atoms with E-state index in [1.165, 1.54) is 27.8 Å². The lowest BCUT2D eigenvalue weighted by molar-refractivity contribution is -1.09. The zero-order valence-electron chi connectivity index (χ0n) is 19.4. The Morgan fingerprint density at radius 2 is 1.53 bits per heavy atom. The normalized spacial score (nSPS) is 26.9. The first kappa shape index (κ1) is 24.5. The molecule has 2 aromatic rings. The quantitative estimate of drug-likeness (QED) is 0.374. The van der Waals surface area contributed by atoms with E-state index in [0.717, 1.165) is 12.8 Å². The highest BCUT2D eigenvalue weighted by Crippen LogP contribution is 2.34. The Bertz CT molecular complexity index is 1020. The highest BCUT2D eigenvalue weighted by atomic mass is 16.8. The van der Waals surface area contributed by atoms with E-state index in [9.17, 15) is 25.2 Å². The van der Waals surface area contributed by atoms with Crippen LogP contribution in [0.1, 0.15) is 28.7 Å². The van der Waals surface area contributed by atoms with Crippen molar-refractivity contribution in [2.45, 2.75) is 50.0 Å². The van der Waals surface area contributed by atoms with Gasteiger partial charge in [0, 0.05) is 6.42 Å². The predicted octanol–water partition coefficient (Wildman–Crippen LogP) is 1.51. The lowest BCUT2D eigenvalue weighted by Crippen LogP contribution is -2.62. The summed E-state index contributed by atoms with van der Waals surface area (Å²) in [6.07, 6.45) is -3.34. The summed E-state index contributed by atoms with van der Waals surface area (Å²) in [5, 5.41) is 39.5. The first-order valence-corrected chi connectivity index (χ1v) is 11.5. The predicted molar refractivity (Wildman–Crippen MR) is 124 cm³/mol. The number of ether oxygens (including phenoxy) is 1. The molecule has 1 heterocycles. The minimum atomic E-state index is -1.75. The molecule has 8 heteroatoms. The molecule has 4 rings (SSSR count). The van der Waals surface area contributed by atoms with E-state index in [-0.39, 0.29) is 4.65 Å². The lowest BCUT2D eigenvalue weighted by Gasteiger charge is -2.40. The molecule has 2 aliphatic rings. The zero-order valence-corrected chi connectivity index (χ0v) is 19.4. The molecule has 0 aromatic heterocycles. The second-order valence-electron chi connectivity index (χ2n) is 9.36. The topological polar surface area (TPSA) is 116 Å². The van der Waals surface area contributed by atoms with Crippen molar-refractivity contribution < 1.29 is 39.4 Å². The Morgan fingerprint density at radius 1 is 0.971 bits per heavy atom. The van der Waals surface area contributed by atoms with Gasteiger partial charge >= 0.3 is 5.97 Å². The molecule has 182 valence electrons. The van der Waals surface area contributed by atoms with Crippen LogP contribution < -0.4 is 0 Å². The number of fused-ring (bicyclic) bond motifs is 2. The molecule has 2 aromatic carbocycles. The molecule has 1 aliphatic heterocycles. The molecule has 1 saturated heterocycles. The molecule has 5 atom stereocenters. The van der Waals surface area contributed by atoms with Gasteiger partial charge in [0.2, 0.25) is 6.29 Å². The van der Waals surface area contributed by atoms with Crippen LogP contribution in [0.2, 0.25) is 0 Å². The average Bonchev–Trinajstić information content (AvgIpc) is 2.96. The van der Waals surface area contributed by atoms with Crippen molar-refractivity contribution in [1.82, 2.24) is 0 Å². The number of aryl methyl sites for hydroxylation is 2. The number of aliphatic hydroxyl groups excluding tert-OH is 3. The van der Waals surface area contributed by atoms with Gasteiger partial charge < -0.3 is 25.2 Å². The summed E-state index contributed by atoms with van der Waals surface area (Å²) in [6.45, 7) is 0.497. The molecule has 1 unspecified atom stereocenters. The van der Waals surface area contributed by atoms with E-state index in [2.05, 4.69) is 42.5 Å². The number of rotatable bonds is 6. The Labute approximate surface area is 198 Å². The van der Waals surface area contributed by atoms with Gasteiger partial charge in [0.05, 0.1) is 14.1 Å². The van der Waals surface area contributed by atoms with E-state index in [1.54, 1.807) is 14.1 Å². The molecule has 0 amide bonds. The van der Waals surface area contributed by atoms with Crippen LogP contribution in [0.3, 0.4) is 0 Å². The number of hydroxylamine groups is 3. The lowest BCUT2D eigenvalue weighted by atomic mass is 9.93. The Kier molecular flexibility index (Phi) is 7.18. The van der Waals surface area contributed by atoms with Crippen molar-refractivity contribution in [2.75, 3.05) is 20.6 Å². The first-order valence-electron chi connectivity index (χ1n) is 11.5. The minimum Gasteiger partial charge on any atom is -0.479 e. The van der Waals surface area contributed by atoms with E-state index in [0.29, 0.717) is 13.0 Å². The van der Waals surface area contributed by atoms with E-state index >= 15 is 0 Å². The van der Waals surface area contributed by atoms with Gasteiger partial charge in [-0.2, -0.15) is 9.48 Å². The summed E-state index contributed by atoms with van der Waals surface area (Å²) in [5.41, 5.74) is 6.21. The van der Waals surface area contributed by atoms with Crippen LogP contribution in [0.5, 0.6) is 0 Å². The fourth-order valence-electron chi connectivity index (χ4n) is 4.63. The maximum absolute atomic E-state index is 11.4. The van der Waals surface area contributed by atoms with Crippen LogP contribution >= 0.6 is 0 Å². The van der Waals surface area contributed by atoms with Gasteiger partial charge in [0.1, 0.15) is 24.9 Å². The van der Waals surface area contributed by atoms with Crippen LogP contribution in [-0.4, -0.2) is 82.4 Å². The van der Waals surface area contributed by atoms with Gasteiger partial charge in [0.15, 0.2) is 6.10 Å². The zero-order chi connectivity index (χ0) is 24.5. The molecule has 34 heavy (non-hydrogen) atoms. The van der Waals surface area contributed by atoms with E-state index < -0.39 is 36.7 Å². The first-order chi connectivity index (χ1) is 16.2. The van der Waals surface area contributed by atoms with Gasteiger partial charge in [-0.25, -0.2) is 4.79 Å². The third-order valence-corrected chi connectivity index (χ3v) is 6.50. The van der Waals surface area contributed by atoms with Gasteiger partial charge in [-0.15, -0.1) is 0 Å². The number of quaternary nitrogens is 1. The summed E-state index contributed by atoms with van der Waals surface area (Å²) in [6, 6.07) is 16.8. The molecule has 0 bridgehead atoms. The Hall–Kier alpha value is -2.59. The van der Waals surface area contributed by atoms with Crippen molar-refractivity contribution in [1.29, 1.82) is 0 Å². The Morgan fingerprint density at radius 3 is 2.09 bits per heavy atom. The molecule has 0 spiro atoms. The number of carbonyl (C=O) groups is 1. The summed E-state index contributed by atoms with van der Waals surface area (Å²) in [7, 11) is 3.52. The number of benzene rings is 2. The number of carboxylic acid groups (broad SMARTS) is 1. The number of hydrogen-bond acceptors (Lipinski definition) is 6. The van der Waals surface area contributed by atoms with Crippen molar-refractivity contribution in [2.24, 2.45) is 0 Å². The maximum atomic E-state index is 11.4. The van der Waals surface area contributed by atoms with Crippen LogP contribution in [0.4, 0.5) is 0 Å². The highest BCUT2D eigenvalue weighted by Gasteiger charge is 2.49. The summed E-state index contributed by atoms with van der Waals surface area (Å²) >= 11 is 0.